The van der Waals surface area contributed by atoms with E-state index < -0.39 is 54.5 Å². The third kappa shape index (κ3) is 10.4. The molecule has 0 bridgehead atoms. The predicted molar refractivity (Wildman–Crippen MR) is 116 cm³/mol. The maximum Gasteiger partial charge on any atom is 0.322 e. The molecule has 4 unspecified atom stereocenters. The van der Waals surface area contributed by atoms with Crippen molar-refractivity contribution in [2.24, 2.45) is 22.2 Å². The minimum Gasteiger partial charge on any atom is -0.480 e. The molecule has 4 atom stereocenters. The average molecular weight is 470 g/mol. The summed E-state index contributed by atoms with van der Waals surface area (Å²) in [4.78, 5) is 58.9. The first-order chi connectivity index (χ1) is 15.5. The Kier molecular flexibility index (Phi) is 11.3. The molecule has 3 amide bonds. The number of carboxylic acids is 1. The van der Waals surface area contributed by atoms with Crippen molar-refractivity contribution in [2.75, 3.05) is 13.1 Å². The number of nitrogens with two attached hydrogens (primary N) is 3. The van der Waals surface area contributed by atoms with Crippen molar-refractivity contribution in [3.8, 4) is 0 Å². The Morgan fingerprint density at radius 2 is 1.82 bits per heavy atom. The minimum atomic E-state index is -1.28. The highest BCUT2D eigenvalue weighted by Crippen LogP contribution is 2.04. The Balaban J connectivity index is 2.97. The summed E-state index contributed by atoms with van der Waals surface area (Å²) in [6.45, 7) is 0.864. The Hall–Kier alpha value is -3.72. The summed E-state index contributed by atoms with van der Waals surface area (Å²) >= 11 is 0. The molecule has 12 N–H and O–H groups in total. The number of aliphatic imine (C=N–C) groups is 1. The van der Waals surface area contributed by atoms with Crippen LogP contribution < -0.4 is 33.2 Å². The van der Waals surface area contributed by atoms with Crippen LogP contribution in [0.4, 0.5) is 0 Å². The number of carbonyl (C=O) groups is 4. The van der Waals surface area contributed by atoms with Crippen LogP contribution in [0.15, 0.2) is 17.5 Å². The van der Waals surface area contributed by atoms with Crippen molar-refractivity contribution in [2.45, 2.75) is 50.4 Å². The van der Waals surface area contributed by atoms with Crippen molar-refractivity contribution in [3.63, 3.8) is 0 Å². The number of carboxylic acid groups (broad SMARTS) is 1. The first-order valence-corrected chi connectivity index (χ1v) is 10.1. The molecule has 15 nitrogen and oxygen atoms in total. The number of aliphatic carboxylic acids is 1. The average Bonchev–Trinajstić information content (AvgIpc) is 3.25. The number of imidazole rings is 1. The van der Waals surface area contributed by atoms with Gasteiger partial charge in [0.2, 0.25) is 17.7 Å². The van der Waals surface area contributed by atoms with Crippen molar-refractivity contribution in [1.29, 1.82) is 0 Å². The maximum absolute atomic E-state index is 12.9. The fraction of sp³-hybridized carbons (Fsp3) is 0.556. The molecular formula is C18H31N9O6. The summed E-state index contributed by atoms with van der Waals surface area (Å²) < 4.78 is 0. The first-order valence-electron chi connectivity index (χ1n) is 10.1. The van der Waals surface area contributed by atoms with Crippen LogP contribution >= 0.6 is 0 Å². The quantitative estimate of drug-likeness (QED) is 0.0721. The molecule has 1 aromatic heterocycles. The van der Waals surface area contributed by atoms with Gasteiger partial charge in [0.1, 0.15) is 24.7 Å². The van der Waals surface area contributed by atoms with Crippen LogP contribution in [0, 0.1) is 0 Å². The van der Waals surface area contributed by atoms with Gasteiger partial charge in [-0.25, -0.2) is 4.98 Å². The van der Waals surface area contributed by atoms with Crippen LogP contribution in [0.2, 0.25) is 0 Å². The highest BCUT2D eigenvalue weighted by molar-refractivity contribution is 5.93. The van der Waals surface area contributed by atoms with Crippen LogP contribution in [0.5, 0.6) is 0 Å². The Morgan fingerprint density at radius 1 is 1.15 bits per heavy atom. The van der Waals surface area contributed by atoms with Crippen LogP contribution in [0.25, 0.3) is 0 Å². The zero-order valence-corrected chi connectivity index (χ0v) is 18.2. The van der Waals surface area contributed by atoms with Gasteiger partial charge < -0.3 is 48.3 Å². The second-order valence-corrected chi connectivity index (χ2v) is 7.23. The van der Waals surface area contributed by atoms with E-state index >= 15 is 0 Å². The number of hydrogen-bond donors (Lipinski definition) is 9. The van der Waals surface area contributed by atoms with E-state index in [1.54, 1.807) is 0 Å². The molecule has 0 aromatic carbocycles. The molecule has 0 aliphatic rings. The van der Waals surface area contributed by atoms with Crippen molar-refractivity contribution in [1.82, 2.24) is 25.9 Å². The molecule has 0 aliphatic heterocycles. The number of carbonyl (C=O) groups excluding carboxylic acids is 3. The number of guanidine groups is 1. The summed E-state index contributed by atoms with van der Waals surface area (Å²) in [5.41, 5.74) is 16.7. The number of nitrogens with zero attached hydrogens (tertiary/aromatic N) is 2. The number of aliphatic hydroxyl groups is 1. The Bertz CT molecular complexity index is 823. The summed E-state index contributed by atoms with van der Waals surface area (Å²) in [7, 11) is 0. The van der Waals surface area contributed by atoms with E-state index in [0.717, 1.165) is 0 Å². The van der Waals surface area contributed by atoms with E-state index in [1.165, 1.54) is 19.4 Å². The van der Waals surface area contributed by atoms with E-state index in [9.17, 15) is 24.3 Å². The van der Waals surface area contributed by atoms with Crippen molar-refractivity contribution >= 4 is 29.7 Å². The van der Waals surface area contributed by atoms with Gasteiger partial charge in [-0.15, -0.1) is 0 Å². The SMILES string of the molecule is CC(O)C(N)C(=O)NC(CCCN=C(N)N)C(=O)NC(Cc1cnc[nH]1)C(=O)NCC(=O)O. The van der Waals surface area contributed by atoms with E-state index in [-0.39, 0.29) is 25.3 Å². The van der Waals surface area contributed by atoms with Gasteiger partial charge in [0, 0.05) is 24.9 Å². The van der Waals surface area contributed by atoms with Gasteiger partial charge in [0.15, 0.2) is 5.96 Å². The molecule has 0 fully saturated rings. The molecule has 1 aromatic rings. The van der Waals surface area contributed by atoms with Gasteiger partial charge in [0.05, 0.1) is 12.4 Å². The fourth-order valence-electron chi connectivity index (χ4n) is 2.64. The minimum absolute atomic E-state index is 0.0148. The van der Waals surface area contributed by atoms with Gasteiger partial charge in [-0.05, 0) is 19.8 Å². The molecule has 33 heavy (non-hydrogen) atoms. The van der Waals surface area contributed by atoms with E-state index in [2.05, 4.69) is 30.9 Å². The third-order valence-corrected chi connectivity index (χ3v) is 4.43. The fourth-order valence-corrected chi connectivity index (χ4v) is 2.64. The molecule has 0 aliphatic carbocycles. The predicted octanol–water partition coefficient (Wildman–Crippen LogP) is -4.12. The van der Waals surface area contributed by atoms with Gasteiger partial charge in [0.25, 0.3) is 0 Å². The first kappa shape index (κ1) is 27.3. The monoisotopic (exact) mass is 469 g/mol. The standard InChI is InChI=1S/C18H31N9O6/c1-9(28)14(19)17(33)26-11(3-2-4-23-18(20)21)16(32)27-12(5-10-6-22-8-25-10)15(31)24-7-13(29)30/h6,8-9,11-12,14,28H,2-5,7,19H2,1H3,(H,22,25)(H,24,31)(H,26,33)(H,27,32)(H,29,30)(H4,20,21,23). The van der Waals surface area contributed by atoms with Gasteiger partial charge in [-0.3, -0.25) is 24.2 Å². The lowest BCUT2D eigenvalue weighted by molar-refractivity contribution is -0.138. The second-order valence-electron chi connectivity index (χ2n) is 7.23. The lowest BCUT2D eigenvalue weighted by Crippen LogP contribution is -2.57. The number of aromatic nitrogens is 2. The normalized spacial score (nSPS) is 14.3. The van der Waals surface area contributed by atoms with Crippen LogP contribution in [0.3, 0.4) is 0 Å². The molecule has 184 valence electrons. The number of hydrogen-bond acceptors (Lipinski definition) is 8. The van der Waals surface area contributed by atoms with Crippen LogP contribution in [-0.2, 0) is 25.6 Å². The van der Waals surface area contributed by atoms with E-state index in [1.807, 2.05) is 0 Å². The topological polar surface area (TPSA) is 264 Å². The number of nitrogens with one attached hydrogen (secondary N) is 4. The lowest BCUT2D eigenvalue weighted by atomic mass is 10.1. The molecule has 1 heterocycles. The molecular weight excluding hydrogens is 438 g/mol. The Labute approximate surface area is 189 Å². The smallest absolute Gasteiger partial charge is 0.322 e. The molecule has 1 rings (SSSR count). The lowest BCUT2D eigenvalue weighted by Gasteiger charge is -2.24. The number of H-pyrrole nitrogens is 1. The molecule has 0 spiro atoms. The molecule has 15 heteroatoms. The third-order valence-electron chi connectivity index (χ3n) is 4.43. The molecule has 0 saturated heterocycles. The van der Waals surface area contributed by atoms with Gasteiger partial charge >= 0.3 is 5.97 Å². The number of rotatable bonds is 14. The van der Waals surface area contributed by atoms with Crippen LogP contribution in [-0.4, -0.2) is 87.2 Å². The van der Waals surface area contributed by atoms with Gasteiger partial charge in [-0.2, -0.15) is 0 Å². The Morgan fingerprint density at radius 3 is 2.36 bits per heavy atom. The van der Waals surface area contributed by atoms with E-state index in [4.69, 9.17) is 22.3 Å². The summed E-state index contributed by atoms with van der Waals surface area (Å²) in [5, 5.41) is 25.5. The highest BCUT2D eigenvalue weighted by atomic mass is 16.4. The number of amides is 3. The summed E-state index contributed by atoms with van der Waals surface area (Å²) in [6, 6.07) is -3.58. The zero-order chi connectivity index (χ0) is 25.0. The summed E-state index contributed by atoms with van der Waals surface area (Å²) in [5.74, 6) is -3.63. The maximum atomic E-state index is 12.9. The highest BCUT2D eigenvalue weighted by Gasteiger charge is 2.29. The van der Waals surface area contributed by atoms with Crippen LogP contribution in [0.1, 0.15) is 25.5 Å². The van der Waals surface area contributed by atoms with Crippen molar-refractivity contribution in [3.05, 3.63) is 18.2 Å². The van der Waals surface area contributed by atoms with Gasteiger partial charge in [-0.1, -0.05) is 0 Å². The number of aromatic amines is 1. The zero-order valence-electron chi connectivity index (χ0n) is 18.2. The summed E-state index contributed by atoms with van der Waals surface area (Å²) in [6.07, 6.45) is 2.04. The second kappa shape index (κ2) is 13.6. The molecule has 0 radical (unpaired) electrons. The van der Waals surface area contributed by atoms with Crippen molar-refractivity contribution < 1.29 is 29.4 Å². The number of aliphatic hydroxyl groups excluding tert-OH is 1. The van der Waals surface area contributed by atoms with E-state index in [0.29, 0.717) is 12.1 Å². The largest absolute Gasteiger partial charge is 0.480 e. The molecule has 0 saturated carbocycles.